The zero-order valence-corrected chi connectivity index (χ0v) is 11.1. The van der Waals surface area contributed by atoms with Gasteiger partial charge in [-0.15, -0.1) is 0 Å². The molecule has 8 nitrogen and oxygen atoms in total. The van der Waals surface area contributed by atoms with E-state index in [-0.39, 0.29) is 17.9 Å². The van der Waals surface area contributed by atoms with E-state index in [2.05, 4.69) is 20.6 Å². The van der Waals surface area contributed by atoms with Gasteiger partial charge in [-0.1, -0.05) is 0 Å². The number of carboxylic acid groups (broad SMARTS) is 1. The number of nitrogens with zero attached hydrogens (tertiary/aromatic N) is 2. The van der Waals surface area contributed by atoms with E-state index in [1.54, 1.807) is 30.0 Å². The molecule has 0 aliphatic heterocycles. The minimum absolute atomic E-state index is 0.0466. The summed E-state index contributed by atoms with van der Waals surface area (Å²) in [5.74, 6) is -0.429. The van der Waals surface area contributed by atoms with Crippen molar-refractivity contribution in [3.63, 3.8) is 0 Å². The highest BCUT2D eigenvalue weighted by molar-refractivity contribution is 5.99. The van der Waals surface area contributed by atoms with Gasteiger partial charge in [0.25, 0.3) is 0 Å². The summed E-state index contributed by atoms with van der Waals surface area (Å²) < 4.78 is 1.78. The summed E-state index contributed by atoms with van der Waals surface area (Å²) in [5, 5.41) is 14.1. The Morgan fingerprint density at radius 3 is 2.85 bits per heavy atom. The van der Waals surface area contributed by atoms with E-state index in [4.69, 9.17) is 5.11 Å². The molecule has 0 saturated carbocycles. The molecule has 8 heteroatoms. The number of aromatic nitrogens is 3. The molecule has 2 amide bonds. The molecule has 2 aromatic heterocycles. The van der Waals surface area contributed by atoms with Crippen LogP contribution in [0.2, 0.25) is 0 Å². The number of imidazole rings is 1. The lowest BCUT2D eigenvalue weighted by Crippen LogP contribution is -2.29. The lowest BCUT2D eigenvalue weighted by Gasteiger charge is -2.07. The average molecular weight is 277 g/mol. The van der Waals surface area contributed by atoms with Crippen molar-refractivity contribution in [1.82, 2.24) is 19.9 Å². The maximum atomic E-state index is 11.7. The molecule has 0 spiro atoms. The highest BCUT2D eigenvalue weighted by atomic mass is 16.4. The quantitative estimate of drug-likeness (QED) is 0.669. The molecule has 20 heavy (non-hydrogen) atoms. The van der Waals surface area contributed by atoms with Gasteiger partial charge >= 0.3 is 12.0 Å². The number of hydrogen-bond acceptors (Lipinski definition) is 3. The van der Waals surface area contributed by atoms with Gasteiger partial charge in [0.2, 0.25) is 0 Å². The van der Waals surface area contributed by atoms with Crippen molar-refractivity contribution in [3.8, 4) is 0 Å². The first-order valence-electron chi connectivity index (χ1n) is 5.91. The predicted molar refractivity (Wildman–Crippen MR) is 71.6 cm³/mol. The predicted octanol–water partition coefficient (Wildman–Crippen LogP) is 1.08. The number of nitrogens with one attached hydrogen (secondary N) is 3. The molecule has 4 N–H and O–H groups in total. The molecule has 2 heterocycles. The molecule has 106 valence electrons. The fourth-order valence-corrected chi connectivity index (χ4v) is 1.75. The van der Waals surface area contributed by atoms with Gasteiger partial charge in [0, 0.05) is 25.1 Å². The number of hydrogen-bond donors (Lipinski definition) is 4. The van der Waals surface area contributed by atoms with Gasteiger partial charge < -0.3 is 25.3 Å². The van der Waals surface area contributed by atoms with E-state index < -0.39 is 12.0 Å². The standard InChI is InChI=1S/C12H15N5O3/c1-7-5-8(10(15-7)11(18)19)16-12(20)14-6-9-13-3-4-17(9)2/h3-5,15H,6H2,1-2H3,(H,18,19)(H2,14,16,20). The normalized spacial score (nSPS) is 10.3. The number of aryl methyl sites for hydroxylation is 2. The summed E-state index contributed by atoms with van der Waals surface area (Å²) in [6.45, 7) is 1.96. The van der Waals surface area contributed by atoms with Gasteiger partial charge in [0.1, 0.15) is 11.5 Å². The van der Waals surface area contributed by atoms with Crippen LogP contribution in [0, 0.1) is 6.92 Å². The SMILES string of the molecule is Cc1cc(NC(=O)NCc2nccn2C)c(C(=O)O)[nH]1. The second kappa shape index (κ2) is 5.47. The first-order valence-corrected chi connectivity index (χ1v) is 5.91. The maximum absolute atomic E-state index is 11.7. The summed E-state index contributed by atoms with van der Waals surface area (Å²) in [6, 6.07) is 1.07. The van der Waals surface area contributed by atoms with Crippen LogP contribution in [0.1, 0.15) is 22.0 Å². The highest BCUT2D eigenvalue weighted by Gasteiger charge is 2.15. The molecular formula is C12H15N5O3. The van der Waals surface area contributed by atoms with Gasteiger partial charge in [-0.2, -0.15) is 0 Å². The van der Waals surface area contributed by atoms with Crippen LogP contribution in [0.5, 0.6) is 0 Å². The number of rotatable bonds is 4. The number of aromatic amines is 1. The second-order valence-electron chi connectivity index (χ2n) is 4.31. The average Bonchev–Trinajstić information content (AvgIpc) is 2.93. The van der Waals surface area contributed by atoms with Crippen molar-refractivity contribution in [2.45, 2.75) is 13.5 Å². The van der Waals surface area contributed by atoms with Crippen LogP contribution in [-0.4, -0.2) is 31.6 Å². The lowest BCUT2D eigenvalue weighted by molar-refractivity contribution is 0.0692. The Labute approximate surface area is 114 Å². The third-order valence-corrected chi connectivity index (χ3v) is 2.74. The summed E-state index contributed by atoms with van der Waals surface area (Å²) in [7, 11) is 1.82. The number of carboxylic acids is 1. The third-order valence-electron chi connectivity index (χ3n) is 2.74. The van der Waals surface area contributed by atoms with E-state index in [0.717, 1.165) is 0 Å². The van der Waals surface area contributed by atoms with Crippen molar-refractivity contribution in [2.24, 2.45) is 7.05 Å². The zero-order chi connectivity index (χ0) is 14.7. The Morgan fingerprint density at radius 1 is 1.50 bits per heavy atom. The van der Waals surface area contributed by atoms with Crippen LogP contribution in [0.4, 0.5) is 10.5 Å². The van der Waals surface area contributed by atoms with Crippen molar-refractivity contribution < 1.29 is 14.7 Å². The highest BCUT2D eigenvalue weighted by Crippen LogP contribution is 2.16. The van der Waals surface area contributed by atoms with E-state index >= 15 is 0 Å². The first kappa shape index (κ1) is 13.7. The minimum atomic E-state index is -1.13. The van der Waals surface area contributed by atoms with Crippen LogP contribution >= 0.6 is 0 Å². The Hall–Kier alpha value is -2.77. The van der Waals surface area contributed by atoms with Gasteiger partial charge in [0.05, 0.1) is 12.2 Å². The molecule has 2 aromatic rings. The van der Waals surface area contributed by atoms with Gasteiger partial charge in [0.15, 0.2) is 0 Å². The Kier molecular flexibility index (Phi) is 3.74. The van der Waals surface area contributed by atoms with E-state index in [1.807, 2.05) is 7.05 Å². The van der Waals surface area contributed by atoms with Crippen molar-refractivity contribution in [3.05, 3.63) is 35.7 Å². The van der Waals surface area contributed by atoms with Gasteiger partial charge in [-0.3, -0.25) is 0 Å². The number of H-pyrrole nitrogens is 1. The number of amides is 2. The summed E-state index contributed by atoms with van der Waals surface area (Å²) in [5.41, 5.74) is 0.837. The fraction of sp³-hybridized carbons (Fsp3) is 0.250. The van der Waals surface area contributed by atoms with Crippen molar-refractivity contribution in [1.29, 1.82) is 0 Å². The zero-order valence-electron chi connectivity index (χ0n) is 11.1. The third kappa shape index (κ3) is 2.97. The smallest absolute Gasteiger partial charge is 0.354 e. The Balaban J connectivity index is 1.98. The number of urea groups is 1. The summed E-state index contributed by atoms with van der Waals surface area (Å²) in [4.78, 5) is 29.5. The molecule has 0 radical (unpaired) electrons. The van der Waals surface area contributed by atoms with Crippen molar-refractivity contribution in [2.75, 3.05) is 5.32 Å². The van der Waals surface area contributed by atoms with Crippen LogP contribution < -0.4 is 10.6 Å². The molecule has 0 aromatic carbocycles. The number of carbonyl (C=O) groups is 2. The number of carbonyl (C=O) groups excluding carboxylic acids is 1. The van der Waals surface area contributed by atoms with Crippen LogP contribution in [-0.2, 0) is 13.6 Å². The second-order valence-corrected chi connectivity index (χ2v) is 4.31. The number of aromatic carboxylic acids is 1. The summed E-state index contributed by atoms with van der Waals surface area (Å²) >= 11 is 0. The van der Waals surface area contributed by atoms with Crippen LogP contribution in [0.25, 0.3) is 0 Å². The molecule has 0 fully saturated rings. The van der Waals surface area contributed by atoms with Gasteiger partial charge in [-0.25, -0.2) is 14.6 Å². The molecule has 0 atom stereocenters. The van der Waals surface area contributed by atoms with E-state index in [1.165, 1.54) is 0 Å². The molecule has 0 aliphatic carbocycles. The summed E-state index contributed by atoms with van der Waals surface area (Å²) in [6.07, 6.45) is 3.40. The molecule has 2 rings (SSSR count). The molecule has 0 unspecified atom stereocenters. The van der Waals surface area contributed by atoms with Crippen molar-refractivity contribution >= 4 is 17.7 Å². The monoisotopic (exact) mass is 277 g/mol. The van der Waals surface area contributed by atoms with Gasteiger partial charge in [-0.05, 0) is 13.0 Å². The Bertz CT molecular complexity index is 643. The van der Waals surface area contributed by atoms with E-state index in [0.29, 0.717) is 11.5 Å². The fourth-order valence-electron chi connectivity index (χ4n) is 1.75. The lowest BCUT2D eigenvalue weighted by atomic mass is 10.3. The van der Waals surface area contributed by atoms with Crippen LogP contribution in [0.3, 0.4) is 0 Å². The minimum Gasteiger partial charge on any atom is -0.477 e. The maximum Gasteiger partial charge on any atom is 0.354 e. The molecule has 0 aliphatic rings. The van der Waals surface area contributed by atoms with E-state index in [9.17, 15) is 9.59 Å². The number of anilines is 1. The molecular weight excluding hydrogens is 262 g/mol. The Morgan fingerprint density at radius 2 is 2.25 bits per heavy atom. The molecule has 0 bridgehead atoms. The molecule has 0 saturated heterocycles. The van der Waals surface area contributed by atoms with Crippen LogP contribution in [0.15, 0.2) is 18.5 Å². The first-order chi connectivity index (χ1) is 9.47. The topological polar surface area (TPSA) is 112 Å². The largest absolute Gasteiger partial charge is 0.477 e.